The second kappa shape index (κ2) is 6.30. The van der Waals surface area contributed by atoms with Gasteiger partial charge in [0, 0.05) is 6.66 Å². The summed E-state index contributed by atoms with van der Waals surface area (Å²) in [6.45, 7) is 5.92. The first-order valence-electron chi connectivity index (χ1n) is 2.99. The van der Waals surface area contributed by atoms with Crippen LogP contribution in [-0.2, 0) is 13.6 Å². The van der Waals surface area contributed by atoms with Crippen LogP contribution in [0, 0.1) is 0 Å². The SMILES string of the molecule is CCOP(C)(=O)OCC.P. The monoisotopic (exact) mass is 186 g/mol. The molecule has 64 valence electrons. The third-order valence-electron chi connectivity index (χ3n) is 0.727. The van der Waals surface area contributed by atoms with E-state index in [4.69, 9.17) is 9.05 Å². The molecule has 0 amide bonds. The molecule has 3 nitrogen and oxygen atoms in total. The second-order valence-electron chi connectivity index (χ2n) is 1.61. The molecule has 0 aliphatic rings. The third-order valence-corrected chi connectivity index (χ3v) is 2.18. The van der Waals surface area contributed by atoms with E-state index in [1.54, 1.807) is 13.8 Å². The van der Waals surface area contributed by atoms with Crippen molar-refractivity contribution in [3.63, 3.8) is 0 Å². The standard InChI is InChI=1S/C5H13O3P.H3P/c1-4-7-9(3,6)8-5-2;/h4-5H2,1-3H3;1H3. The second-order valence-corrected chi connectivity index (χ2v) is 3.67. The molecule has 1 unspecified atom stereocenters. The summed E-state index contributed by atoms with van der Waals surface area (Å²) in [5.41, 5.74) is 0. The fourth-order valence-corrected chi connectivity index (χ4v) is 1.52. The highest BCUT2D eigenvalue weighted by molar-refractivity contribution is 7.52. The van der Waals surface area contributed by atoms with E-state index < -0.39 is 7.60 Å². The van der Waals surface area contributed by atoms with E-state index in [0.29, 0.717) is 13.2 Å². The molecule has 0 N–H and O–H groups in total. The predicted molar refractivity (Wildman–Crippen MR) is 47.9 cm³/mol. The van der Waals surface area contributed by atoms with E-state index >= 15 is 0 Å². The summed E-state index contributed by atoms with van der Waals surface area (Å²) < 4.78 is 20.6. The lowest BCUT2D eigenvalue weighted by molar-refractivity contribution is 0.225. The Balaban J connectivity index is 0. The molecule has 0 saturated carbocycles. The minimum absolute atomic E-state index is 0. The van der Waals surface area contributed by atoms with Crippen LogP contribution in [0.3, 0.4) is 0 Å². The van der Waals surface area contributed by atoms with Gasteiger partial charge in [-0.25, -0.2) is 0 Å². The maximum absolute atomic E-state index is 11.0. The fourth-order valence-electron chi connectivity index (χ4n) is 0.506. The molecule has 0 saturated heterocycles. The normalized spacial score (nSPS) is 10.7. The van der Waals surface area contributed by atoms with Crippen molar-refractivity contribution in [3.8, 4) is 0 Å². The van der Waals surface area contributed by atoms with E-state index in [0.717, 1.165) is 0 Å². The Morgan fingerprint density at radius 1 is 1.20 bits per heavy atom. The van der Waals surface area contributed by atoms with Gasteiger partial charge in [0.05, 0.1) is 13.2 Å². The van der Waals surface area contributed by atoms with Gasteiger partial charge in [-0.05, 0) is 13.8 Å². The first kappa shape index (κ1) is 13.2. The molecule has 0 rings (SSSR count). The first-order valence-corrected chi connectivity index (χ1v) is 4.98. The summed E-state index contributed by atoms with van der Waals surface area (Å²) in [4.78, 5) is 0. The minimum atomic E-state index is -2.69. The van der Waals surface area contributed by atoms with Crippen molar-refractivity contribution in [1.82, 2.24) is 0 Å². The summed E-state index contributed by atoms with van der Waals surface area (Å²) in [7, 11) is -2.69. The largest absolute Gasteiger partial charge is 0.327 e. The molecule has 0 bridgehead atoms. The van der Waals surface area contributed by atoms with Crippen molar-refractivity contribution in [1.29, 1.82) is 0 Å². The minimum Gasteiger partial charge on any atom is -0.309 e. The van der Waals surface area contributed by atoms with E-state index in [2.05, 4.69) is 0 Å². The van der Waals surface area contributed by atoms with Crippen LogP contribution in [0.5, 0.6) is 0 Å². The Kier molecular flexibility index (Phi) is 8.31. The summed E-state index contributed by atoms with van der Waals surface area (Å²) >= 11 is 0. The van der Waals surface area contributed by atoms with Crippen molar-refractivity contribution < 1.29 is 13.6 Å². The van der Waals surface area contributed by atoms with Crippen molar-refractivity contribution in [2.75, 3.05) is 19.9 Å². The Labute approximate surface area is 65.6 Å². The van der Waals surface area contributed by atoms with Gasteiger partial charge in [-0.3, -0.25) is 4.57 Å². The van der Waals surface area contributed by atoms with Crippen LogP contribution in [0.4, 0.5) is 0 Å². The van der Waals surface area contributed by atoms with Crippen LogP contribution < -0.4 is 0 Å². The number of hydrogen-bond donors (Lipinski definition) is 0. The van der Waals surface area contributed by atoms with Crippen molar-refractivity contribution in [3.05, 3.63) is 0 Å². The highest BCUT2D eigenvalue weighted by Crippen LogP contribution is 2.43. The zero-order chi connectivity index (χ0) is 7.33. The molecular formula is C5H16O3P2. The maximum atomic E-state index is 11.0. The average Bonchev–Trinajstić information content (AvgIpc) is 1.64. The van der Waals surface area contributed by atoms with Crippen LogP contribution in [0.15, 0.2) is 0 Å². The van der Waals surface area contributed by atoms with Gasteiger partial charge in [0.25, 0.3) is 0 Å². The molecule has 0 aromatic carbocycles. The Bertz CT molecular complexity index is 105. The quantitative estimate of drug-likeness (QED) is 0.629. The summed E-state index contributed by atoms with van der Waals surface area (Å²) in [5.74, 6) is 0. The Morgan fingerprint density at radius 2 is 1.50 bits per heavy atom. The molecule has 0 aliphatic carbocycles. The van der Waals surface area contributed by atoms with Crippen LogP contribution >= 0.6 is 17.5 Å². The molecule has 0 heterocycles. The van der Waals surface area contributed by atoms with Gasteiger partial charge < -0.3 is 9.05 Å². The van der Waals surface area contributed by atoms with Gasteiger partial charge in [-0.2, -0.15) is 9.90 Å². The highest BCUT2D eigenvalue weighted by atomic mass is 31.2. The maximum Gasteiger partial charge on any atom is 0.327 e. The Hall–Kier alpha value is 0.580. The van der Waals surface area contributed by atoms with Gasteiger partial charge in [-0.15, -0.1) is 0 Å². The Morgan fingerprint density at radius 3 is 1.70 bits per heavy atom. The topological polar surface area (TPSA) is 35.5 Å². The lowest BCUT2D eigenvalue weighted by Crippen LogP contribution is -1.92. The van der Waals surface area contributed by atoms with E-state index in [1.807, 2.05) is 0 Å². The fraction of sp³-hybridized carbons (Fsp3) is 1.00. The molecule has 0 aliphatic heterocycles. The van der Waals surface area contributed by atoms with Crippen molar-refractivity contribution >= 4 is 17.5 Å². The van der Waals surface area contributed by atoms with Crippen LogP contribution in [0.2, 0.25) is 0 Å². The number of hydrogen-bond acceptors (Lipinski definition) is 3. The lowest BCUT2D eigenvalue weighted by Gasteiger charge is -2.10. The van der Waals surface area contributed by atoms with Crippen molar-refractivity contribution in [2.24, 2.45) is 0 Å². The van der Waals surface area contributed by atoms with Gasteiger partial charge in [0.2, 0.25) is 0 Å². The summed E-state index contributed by atoms with van der Waals surface area (Å²) in [5, 5.41) is 0. The third kappa shape index (κ3) is 6.70. The van der Waals surface area contributed by atoms with E-state index in [9.17, 15) is 4.57 Å². The van der Waals surface area contributed by atoms with Crippen molar-refractivity contribution in [2.45, 2.75) is 13.8 Å². The molecule has 0 spiro atoms. The van der Waals surface area contributed by atoms with E-state index in [-0.39, 0.29) is 9.90 Å². The first-order chi connectivity index (χ1) is 4.12. The molecule has 1 atom stereocenters. The molecule has 0 aromatic heterocycles. The lowest BCUT2D eigenvalue weighted by atomic mass is 10.9. The van der Waals surface area contributed by atoms with Gasteiger partial charge in [0.15, 0.2) is 0 Å². The van der Waals surface area contributed by atoms with Gasteiger partial charge >= 0.3 is 7.60 Å². The summed E-state index contributed by atoms with van der Waals surface area (Å²) in [6.07, 6.45) is 0. The highest BCUT2D eigenvalue weighted by Gasteiger charge is 2.13. The smallest absolute Gasteiger partial charge is 0.309 e. The molecule has 0 aromatic rings. The van der Waals surface area contributed by atoms with Crippen LogP contribution in [0.25, 0.3) is 0 Å². The van der Waals surface area contributed by atoms with Crippen LogP contribution in [0.1, 0.15) is 13.8 Å². The predicted octanol–water partition coefficient (Wildman–Crippen LogP) is 1.94. The zero-order valence-electron chi connectivity index (χ0n) is 6.79. The van der Waals surface area contributed by atoms with E-state index in [1.165, 1.54) is 6.66 Å². The van der Waals surface area contributed by atoms with Gasteiger partial charge in [0.1, 0.15) is 0 Å². The average molecular weight is 186 g/mol. The van der Waals surface area contributed by atoms with Gasteiger partial charge in [-0.1, -0.05) is 0 Å². The summed E-state index contributed by atoms with van der Waals surface area (Å²) in [6, 6.07) is 0. The zero-order valence-corrected chi connectivity index (χ0v) is 9.10. The molecule has 10 heavy (non-hydrogen) atoms. The molecule has 5 heteroatoms. The molecule has 0 fully saturated rings. The number of rotatable bonds is 4. The molecular weight excluding hydrogens is 170 g/mol. The molecule has 0 radical (unpaired) electrons. The van der Waals surface area contributed by atoms with Crippen LogP contribution in [-0.4, -0.2) is 19.9 Å².